The smallest absolute Gasteiger partial charge is 0.357 e. The van der Waals surface area contributed by atoms with Crippen LogP contribution in [-0.2, 0) is 16.5 Å². The molecule has 1 fully saturated rings. The van der Waals surface area contributed by atoms with Gasteiger partial charge in [-0.1, -0.05) is 6.07 Å². The fraction of sp³-hybridized carbons (Fsp3) is 0.300. The molecule has 1 saturated carbocycles. The van der Waals surface area contributed by atoms with Crippen molar-refractivity contribution in [1.82, 2.24) is 0 Å². The zero-order valence-corrected chi connectivity index (χ0v) is 25.3. The Morgan fingerprint density at radius 2 is 1.57 bits per heavy atom. The van der Waals surface area contributed by atoms with Gasteiger partial charge in [0.05, 0.1) is 34.1 Å². The van der Waals surface area contributed by atoms with E-state index < -0.39 is 80.4 Å². The largest absolute Gasteiger partial charge is 0.430 e. The van der Waals surface area contributed by atoms with Gasteiger partial charge in [-0.15, -0.1) is 0 Å². The molecule has 0 atom stereocenters. The van der Waals surface area contributed by atoms with Crippen molar-refractivity contribution in [1.29, 1.82) is 5.26 Å². The summed E-state index contributed by atoms with van der Waals surface area (Å²) in [5.41, 5.74) is -11.6. The molecule has 0 aromatic heterocycles. The zero-order chi connectivity index (χ0) is 35.1. The molecule has 1 aliphatic rings. The number of rotatable bonds is 8. The van der Waals surface area contributed by atoms with Crippen LogP contribution in [0, 0.1) is 23.1 Å². The van der Waals surface area contributed by atoms with Gasteiger partial charge in [-0.05, 0) is 83.2 Å². The van der Waals surface area contributed by atoms with Crippen molar-refractivity contribution in [3.05, 3.63) is 92.7 Å². The number of nitrogens with one attached hydrogen (secondary N) is 1. The first kappa shape index (κ1) is 35.7. The number of hydrogen-bond acceptors (Lipinski definition) is 4. The lowest BCUT2D eigenvalue weighted by Gasteiger charge is -2.36. The third-order valence-corrected chi connectivity index (χ3v) is 7.93. The van der Waals surface area contributed by atoms with Crippen LogP contribution in [0.2, 0.25) is 0 Å². The Morgan fingerprint density at radius 1 is 0.979 bits per heavy atom. The third-order valence-electron chi connectivity index (χ3n) is 7.30. The van der Waals surface area contributed by atoms with E-state index >= 15 is 4.39 Å². The molecule has 0 saturated heterocycles. The van der Waals surface area contributed by atoms with Gasteiger partial charge in [-0.25, -0.2) is 4.39 Å². The van der Waals surface area contributed by atoms with Crippen LogP contribution in [0.15, 0.2) is 59.1 Å². The summed E-state index contributed by atoms with van der Waals surface area (Å²) in [6.07, 6.45) is -16.8. The van der Waals surface area contributed by atoms with E-state index in [1.54, 1.807) is 5.32 Å². The number of methoxy groups -OCH3 is 1. The van der Waals surface area contributed by atoms with Gasteiger partial charge in [0, 0.05) is 29.3 Å². The summed E-state index contributed by atoms with van der Waals surface area (Å²) in [6.45, 7) is 0.00567. The molecule has 0 radical (unpaired) electrons. The van der Waals surface area contributed by atoms with E-state index in [1.165, 1.54) is 24.3 Å². The standard InChI is InChI=1S/C30H20BrF10N3O3/c1-47-27(29(36,37)38,30(39,40)41)18-11-20(28(33,34)35)24(21(31)12-18)43-25(45)19-3-2-4-22(23(19)32)44(14-16-5-6-16)26(46)17-9-7-15(13-42)8-10-17/h2-4,7-12,16H,5-6,14H2,1H3,(H,43,45). The predicted octanol–water partition coefficient (Wildman–Crippen LogP) is 8.75. The quantitative estimate of drug-likeness (QED) is 0.234. The van der Waals surface area contributed by atoms with Gasteiger partial charge in [-0.3, -0.25) is 9.59 Å². The highest BCUT2D eigenvalue weighted by atomic mass is 79.9. The molecule has 250 valence electrons. The average molecular weight is 740 g/mol. The first-order valence-electron chi connectivity index (χ1n) is 13.3. The molecule has 1 N–H and O–H groups in total. The Kier molecular flexibility index (Phi) is 9.71. The summed E-state index contributed by atoms with van der Waals surface area (Å²) in [7, 11) is 0.0201. The summed E-state index contributed by atoms with van der Waals surface area (Å²) < 4.78 is 144. The van der Waals surface area contributed by atoms with Crippen LogP contribution in [0.25, 0.3) is 0 Å². The third kappa shape index (κ3) is 6.93. The molecule has 0 aliphatic heterocycles. The lowest BCUT2D eigenvalue weighted by molar-refractivity contribution is -0.383. The van der Waals surface area contributed by atoms with Gasteiger partial charge in [0.1, 0.15) is 0 Å². The normalized spacial score (nSPS) is 14.0. The predicted molar refractivity (Wildman–Crippen MR) is 150 cm³/mol. The minimum absolute atomic E-state index is 0.00567. The summed E-state index contributed by atoms with van der Waals surface area (Å²) in [6, 6.07) is 9.94. The number of nitriles is 1. The van der Waals surface area contributed by atoms with Crippen LogP contribution in [0.5, 0.6) is 0 Å². The minimum atomic E-state index is -6.28. The van der Waals surface area contributed by atoms with Crippen molar-refractivity contribution in [3.8, 4) is 6.07 Å². The fourth-order valence-corrected chi connectivity index (χ4v) is 5.33. The maximum absolute atomic E-state index is 15.9. The molecule has 6 nitrogen and oxygen atoms in total. The van der Waals surface area contributed by atoms with E-state index in [9.17, 15) is 49.1 Å². The molecule has 47 heavy (non-hydrogen) atoms. The second-order valence-electron chi connectivity index (χ2n) is 10.4. The number of alkyl halides is 9. The van der Waals surface area contributed by atoms with Crippen molar-refractivity contribution in [3.63, 3.8) is 0 Å². The van der Waals surface area contributed by atoms with Crippen LogP contribution in [0.1, 0.15) is 50.2 Å². The van der Waals surface area contributed by atoms with E-state index in [0.29, 0.717) is 12.8 Å². The molecule has 1 aliphatic carbocycles. The number of carbonyl (C=O) groups is 2. The zero-order valence-electron chi connectivity index (χ0n) is 23.7. The summed E-state index contributed by atoms with van der Waals surface area (Å²) in [4.78, 5) is 27.6. The molecular formula is C30H20BrF10N3O3. The molecule has 0 spiro atoms. The monoisotopic (exact) mass is 739 g/mol. The van der Waals surface area contributed by atoms with Gasteiger partial charge in [-0.2, -0.15) is 44.8 Å². The molecule has 3 aromatic carbocycles. The Labute approximate surface area is 268 Å². The Morgan fingerprint density at radius 3 is 2.06 bits per heavy atom. The number of anilines is 2. The van der Waals surface area contributed by atoms with Crippen LogP contribution in [0.3, 0.4) is 0 Å². The van der Waals surface area contributed by atoms with Gasteiger partial charge in [0.2, 0.25) is 0 Å². The van der Waals surface area contributed by atoms with E-state index in [-0.39, 0.29) is 36.8 Å². The van der Waals surface area contributed by atoms with Crippen molar-refractivity contribution in [2.45, 2.75) is 37.0 Å². The lowest BCUT2D eigenvalue weighted by atomic mass is 9.89. The molecule has 4 rings (SSSR count). The molecule has 2 amide bonds. The van der Waals surface area contributed by atoms with Gasteiger partial charge in [0.15, 0.2) is 5.82 Å². The summed E-state index contributed by atoms with van der Waals surface area (Å²) in [5, 5.41) is 10.7. The first-order chi connectivity index (χ1) is 21.8. The topological polar surface area (TPSA) is 82.4 Å². The SMILES string of the molecule is COC(c1cc(Br)c(NC(=O)c2cccc(N(CC3CC3)C(=O)c3ccc(C#N)cc3)c2F)c(C(F)(F)F)c1)(C(F)(F)F)C(F)(F)F. The van der Waals surface area contributed by atoms with Gasteiger partial charge in [0.25, 0.3) is 17.4 Å². The number of hydrogen-bond donors (Lipinski definition) is 1. The molecule has 0 heterocycles. The highest BCUT2D eigenvalue weighted by Crippen LogP contribution is 2.54. The number of benzene rings is 3. The second kappa shape index (κ2) is 12.8. The van der Waals surface area contributed by atoms with E-state index in [2.05, 4.69) is 20.7 Å². The fourth-order valence-electron chi connectivity index (χ4n) is 4.77. The van der Waals surface area contributed by atoms with Crippen LogP contribution in [-0.4, -0.2) is 37.8 Å². The Bertz CT molecular complexity index is 1710. The molecule has 0 bridgehead atoms. The molecule has 0 unspecified atom stereocenters. The van der Waals surface area contributed by atoms with Gasteiger partial charge >= 0.3 is 18.5 Å². The van der Waals surface area contributed by atoms with E-state index in [0.717, 1.165) is 23.1 Å². The minimum Gasteiger partial charge on any atom is -0.357 e. The highest BCUT2D eigenvalue weighted by molar-refractivity contribution is 9.10. The number of amides is 2. The lowest BCUT2D eigenvalue weighted by Crippen LogP contribution is -2.55. The molecule has 3 aromatic rings. The Balaban J connectivity index is 1.78. The second-order valence-corrected chi connectivity index (χ2v) is 11.3. The van der Waals surface area contributed by atoms with Crippen molar-refractivity contribution >= 4 is 39.1 Å². The summed E-state index contributed by atoms with van der Waals surface area (Å²) in [5.74, 6) is -3.65. The number of carbonyl (C=O) groups excluding carboxylic acids is 2. The van der Waals surface area contributed by atoms with Crippen molar-refractivity contribution in [2.75, 3.05) is 23.9 Å². The number of nitrogens with zero attached hydrogens (tertiary/aromatic N) is 2. The van der Waals surface area contributed by atoms with E-state index in [1.807, 2.05) is 6.07 Å². The number of ether oxygens (including phenoxy) is 1. The molecular weight excluding hydrogens is 720 g/mol. The van der Waals surface area contributed by atoms with Gasteiger partial charge < -0.3 is 15.0 Å². The maximum Gasteiger partial charge on any atom is 0.430 e. The number of halogens is 11. The van der Waals surface area contributed by atoms with Crippen LogP contribution >= 0.6 is 15.9 Å². The van der Waals surface area contributed by atoms with Crippen molar-refractivity contribution < 1.29 is 58.2 Å². The highest BCUT2D eigenvalue weighted by Gasteiger charge is 2.73. The Hall–Kier alpha value is -4.17. The molecule has 17 heteroatoms. The first-order valence-corrected chi connectivity index (χ1v) is 14.1. The van der Waals surface area contributed by atoms with E-state index in [4.69, 9.17) is 5.26 Å². The van der Waals surface area contributed by atoms with Crippen molar-refractivity contribution in [2.24, 2.45) is 5.92 Å². The maximum atomic E-state index is 15.9. The summed E-state index contributed by atoms with van der Waals surface area (Å²) >= 11 is 2.52. The van der Waals surface area contributed by atoms with Crippen LogP contribution in [0.4, 0.5) is 55.3 Å². The average Bonchev–Trinajstić information content (AvgIpc) is 3.80. The van der Waals surface area contributed by atoms with Crippen LogP contribution < -0.4 is 10.2 Å².